The first-order valence-corrected chi connectivity index (χ1v) is 9.28. The molecule has 4 rings (SSSR count). The molecule has 3 aromatic rings. The number of aromatic nitrogens is 2. The van der Waals surface area contributed by atoms with Crippen molar-refractivity contribution in [1.82, 2.24) is 9.97 Å². The van der Waals surface area contributed by atoms with Gasteiger partial charge >= 0.3 is 0 Å². The van der Waals surface area contributed by atoms with E-state index in [0.717, 1.165) is 22.1 Å². The molecular formula is C17H15N3OS2. The second-order valence-electron chi connectivity index (χ2n) is 5.58. The smallest absolute Gasteiger partial charge is 0.275 e. The van der Waals surface area contributed by atoms with Gasteiger partial charge in [0.25, 0.3) is 5.91 Å². The van der Waals surface area contributed by atoms with Gasteiger partial charge in [-0.05, 0) is 18.4 Å². The van der Waals surface area contributed by atoms with Crippen LogP contribution < -0.4 is 5.32 Å². The first-order valence-electron chi connectivity index (χ1n) is 7.52. The van der Waals surface area contributed by atoms with Gasteiger partial charge in [-0.25, -0.2) is 9.97 Å². The van der Waals surface area contributed by atoms with Crippen LogP contribution >= 0.6 is 22.7 Å². The number of carbonyl (C=O) groups is 1. The van der Waals surface area contributed by atoms with Crippen molar-refractivity contribution in [3.05, 3.63) is 63.2 Å². The predicted molar refractivity (Wildman–Crippen MR) is 93.4 cm³/mol. The lowest BCUT2D eigenvalue weighted by molar-refractivity contribution is 0.102. The fourth-order valence-corrected chi connectivity index (χ4v) is 4.00. The Labute approximate surface area is 142 Å². The van der Waals surface area contributed by atoms with Gasteiger partial charge in [-0.15, -0.1) is 22.7 Å². The maximum absolute atomic E-state index is 12.4. The van der Waals surface area contributed by atoms with Crippen molar-refractivity contribution >= 4 is 33.6 Å². The minimum Gasteiger partial charge on any atom is -0.311 e. The van der Waals surface area contributed by atoms with Crippen LogP contribution in [0.3, 0.4) is 0 Å². The number of rotatable bonds is 5. The summed E-state index contributed by atoms with van der Waals surface area (Å²) in [7, 11) is 0. The number of anilines is 1. The molecule has 0 radical (unpaired) electrons. The largest absolute Gasteiger partial charge is 0.311 e. The molecule has 0 saturated heterocycles. The van der Waals surface area contributed by atoms with Crippen molar-refractivity contribution in [1.29, 1.82) is 0 Å². The summed E-state index contributed by atoms with van der Waals surface area (Å²) in [5, 5.41) is 6.61. The monoisotopic (exact) mass is 341 g/mol. The molecule has 0 aliphatic heterocycles. The Morgan fingerprint density at radius 3 is 2.83 bits per heavy atom. The maximum atomic E-state index is 12.4. The van der Waals surface area contributed by atoms with E-state index in [-0.39, 0.29) is 5.91 Å². The quantitative estimate of drug-likeness (QED) is 0.752. The fourth-order valence-electron chi connectivity index (χ4n) is 2.43. The summed E-state index contributed by atoms with van der Waals surface area (Å²) in [6.07, 6.45) is 3.10. The Hall–Kier alpha value is -2.05. The highest BCUT2D eigenvalue weighted by atomic mass is 32.1. The summed E-state index contributed by atoms with van der Waals surface area (Å²) >= 11 is 3.01. The number of hydrogen-bond acceptors (Lipinski definition) is 5. The van der Waals surface area contributed by atoms with Gasteiger partial charge in [-0.2, -0.15) is 0 Å². The first-order chi connectivity index (χ1) is 11.3. The Morgan fingerprint density at radius 1 is 1.22 bits per heavy atom. The lowest BCUT2D eigenvalue weighted by Crippen LogP contribution is -2.12. The van der Waals surface area contributed by atoms with Crippen LogP contribution in [0.15, 0.2) is 41.2 Å². The summed E-state index contributed by atoms with van der Waals surface area (Å²) in [6, 6.07) is 10.2. The third kappa shape index (κ3) is 3.33. The van der Waals surface area contributed by atoms with Crippen molar-refractivity contribution in [3.8, 4) is 0 Å². The van der Waals surface area contributed by atoms with Crippen LogP contribution in [0.2, 0.25) is 0 Å². The summed E-state index contributed by atoms with van der Waals surface area (Å²) in [5.74, 6) is 0.382. The van der Waals surface area contributed by atoms with Gasteiger partial charge < -0.3 is 5.32 Å². The van der Waals surface area contributed by atoms with E-state index in [0.29, 0.717) is 11.6 Å². The molecule has 6 heteroatoms. The van der Waals surface area contributed by atoms with E-state index in [1.54, 1.807) is 5.51 Å². The van der Waals surface area contributed by atoms with Crippen LogP contribution in [0.5, 0.6) is 0 Å². The van der Waals surface area contributed by atoms with Gasteiger partial charge in [0, 0.05) is 17.7 Å². The topological polar surface area (TPSA) is 54.9 Å². The van der Waals surface area contributed by atoms with Gasteiger partial charge in [0.2, 0.25) is 0 Å². The standard InChI is InChI=1S/C17H15N3OS2/c21-16(20-17-15(12-6-7-12)18-10-23-17)13-9-22-14(19-13)8-11-4-2-1-3-5-11/h1-5,9-10,12H,6-8H2,(H,20,21). The third-order valence-corrected chi connectivity index (χ3v) is 5.38. The molecule has 1 aliphatic carbocycles. The normalized spacial score (nSPS) is 13.9. The Balaban J connectivity index is 1.45. The fraction of sp³-hybridized carbons (Fsp3) is 0.235. The molecule has 2 aromatic heterocycles. The predicted octanol–water partition coefficient (Wildman–Crippen LogP) is 4.32. The summed E-state index contributed by atoms with van der Waals surface area (Å²) in [5.41, 5.74) is 4.51. The third-order valence-electron chi connectivity index (χ3n) is 3.77. The number of benzene rings is 1. The van der Waals surface area contributed by atoms with E-state index >= 15 is 0 Å². The molecule has 1 saturated carbocycles. The summed E-state index contributed by atoms with van der Waals surface area (Å²) in [6.45, 7) is 0. The van der Waals surface area contributed by atoms with Crippen LogP contribution in [-0.2, 0) is 6.42 Å². The molecular weight excluding hydrogens is 326 g/mol. The molecule has 116 valence electrons. The van der Waals surface area contributed by atoms with Crippen molar-refractivity contribution in [2.75, 3.05) is 5.32 Å². The Bertz CT molecular complexity index is 821. The molecule has 1 aliphatic rings. The van der Waals surface area contributed by atoms with E-state index in [2.05, 4.69) is 27.4 Å². The zero-order chi connectivity index (χ0) is 15.6. The van der Waals surface area contributed by atoms with E-state index < -0.39 is 0 Å². The molecule has 0 unspecified atom stereocenters. The second kappa shape index (κ2) is 6.22. The Morgan fingerprint density at radius 2 is 2.04 bits per heavy atom. The molecule has 23 heavy (non-hydrogen) atoms. The van der Waals surface area contributed by atoms with Crippen LogP contribution in [0.25, 0.3) is 0 Å². The highest BCUT2D eigenvalue weighted by molar-refractivity contribution is 7.14. The van der Waals surface area contributed by atoms with Gasteiger partial charge in [0.05, 0.1) is 16.2 Å². The Kier molecular flexibility index (Phi) is 3.93. The van der Waals surface area contributed by atoms with E-state index in [1.165, 1.54) is 41.1 Å². The molecule has 1 N–H and O–H groups in total. The molecule has 2 heterocycles. The van der Waals surface area contributed by atoms with Gasteiger partial charge in [0.1, 0.15) is 10.7 Å². The molecule has 1 fully saturated rings. The molecule has 1 aromatic carbocycles. The van der Waals surface area contributed by atoms with Gasteiger partial charge in [-0.1, -0.05) is 30.3 Å². The first kappa shape index (κ1) is 14.5. The lowest BCUT2D eigenvalue weighted by Gasteiger charge is -2.02. The number of nitrogens with one attached hydrogen (secondary N) is 1. The molecule has 4 nitrogen and oxygen atoms in total. The minimum absolute atomic E-state index is 0.147. The summed E-state index contributed by atoms with van der Waals surface area (Å²) in [4.78, 5) is 21.2. The average molecular weight is 341 g/mol. The van der Waals surface area contributed by atoms with Crippen LogP contribution in [0.4, 0.5) is 5.00 Å². The molecule has 0 bridgehead atoms. The van der Waals surface area contributed by atoms with Crippen LogP contribution in [0.1, 0.15) is 45.5 Å². The van der Waals surface area contributed by atoms with Crippen molar-refractivity contribution < 1.29 is 4.79 Å². The molecule has 1 amide bonds. The van der Waals surface area contributed by atoms with Crippen molar-refractivity contribution in [2.24, 2.45) is 0 Å². The number of carbonyl (C=O) groups excluding carboxylic acids is 1. The highest BCUT2D eigenvalue weighted by Gasteiger charge is 2.29. The van der Waals surface area contributed by atoms with E-state index in [4.69, 9.17) is 0 Å². The van der Waals surface area contributed by atoms with Crippen molar-refractivity contribution in [2.45, 2.75) is 25.2 Å². The zero-order valence-corrected chi connectivity index (χ0v) is 14.0. The molecule has 0 spiro atoms. The van der Waals surface area contributed by atoms with Crippen molar-refractivity contribution in [3.63, 3.8) is 0 Å². The maximum Gasteiger partial charge on any atom is 0.275 e. The molecule has 0 atom stereocenters. The van der Waals surface area contributed by atoms with E-state index in [1.807, 2.05) is 23.6 Å². The second-order valence-corrected chi connectivity index (χ2v) is 7.38. The minimum atomic E-state index is -0.147. The lowest BCUT2D eigenvalue weighted by atomic mass is 10.2. The summed E-state index contributed by atoms with van der Waals surface area (Å²) < 4.78 is 0. The number of nitrogens with zero attached hydrogens (tertiary/aromatic N) is 2. The zero-order valence-electron chi connectivity index (χ0n) is 12.4. The van der Waals surface area contributed by atoms with Gasteiger partial charge in [-0.3, -0.25) is 4.79 Å². The number of thiazole rings is 2. The van der Waals surface area contributed by atoms with E-state index in [9.17, 15) is 4.79 Å². The highest BCUT2D eigenvalue weighted by Crippen LogP contribution is 2.43. The number of amides is 1. The van der Waals surface area contributed by atoms with Crippen LogP contribution in [-0.4, -0.2) is 15.9 Å². The SMILES string of the molecule is O=C(Nc1scnc1C1CC1)c1csc(Cc2ccccc2)n1. The van der Waals surface area contributed by atoms with Crippen LogP contribution in [0, 0.1) is 0 Å². The average Bonchev–Trinajstić information content (AvgIpc) is 3.12. The van der Waals surface area contributed by atoms with Gasteiger partial charge in [0.15, 0.2) is 0 Å². The number of hydrogen-bond donors (Lipinski definition) is 1.